The van der Waals surface area contributed by atoms with Gasteiger partial charge in [0.2, 0.25) is 0 Å². The van der Waals surface area contributed by atoms with Crippen molar-refractivity contribution in [1.82, 2.24) is 0 Å². The van der Waals surface area contributed by atoms with E-state index in [4.69, 9.17) is 28.4 Å². The number of carbonyl (C=O) groups excluding carboxylic acids is 6. The highest BCUT2D eigenvalue weighted by molar-refractivity contribution is 5.71. The highest BCUT2D eigenvalue weighted by Crippen LogP contribution is 2.27. The van der Waals surface area contributed by atoms with Crippen LogP contribution in [0.2, 0.25) is 0 Å². The molecule has 0 aliphatic heterocycles. The molecule has 66 heavy (non-hydrogen) atoms. The zero-order valence-electron chi connectivity index (χ0n) is 43.2. The molecule has 12 heteroatoms. The molecule has 0 saturated heterocycles. The van der Waals surface area contributed by atoms with Crippen LogP contribution in [0.3, 0.4) is 0 Å². The lowest BCUT2D eigenvalue weighted by atomic mass is 9.88. The highest BCUT2D eigenvalue weighted by atomic mass is 16.6. The summed E-state index contributed by atoms with van der Waals surface area (Å²) in [5.74, 6) is -1.82. The number of hydrogen-bond acceptors (Lipinski definition) is 12. The molecule has 0 aliphatic rings. The SMILES string of the molecule is CCCCCCCC(=O)OCC(CC)(COC(=O)CCCCCCC)COC(=O)CCCCCCCCC(=O)OCC(CC)(COC(=O)CCCCCCC)COC(=O)CCCCCCC. The van der Waals surface area contributed by atoms with Crippen molar-refractivity contribution in [3.05, 3.63) is 0 Å². The van der Waals surface area contributed by atoms with E-state index in [2.05, 4.69) is 27.7 Å². The predicted octanol–water partition coefficient (Wildman–Crippen LogP) is 13.6. The average molecular weight is 939 g/mol. The van der Waals surface area contributed by atoms with Gasteiger partial charge < -0.3 is 28.4 Å². The smallest absolute Gasteiger partial charge is 0.305 e. The molecule has 0 radical (unpaired) electrons. The standard InChI is InChI=1S/C54H98O12/c1-7-13-17-23-29-35-47(55)61-41-53(11-5,42-62-48(56)36-30-24-18-14-8-2)45-65-51(59)39-33-27-21-22-28-34-40-52(60)66-46-54(12-6,43-63-49(57)37-31-25-19-15-9-3)44-64-50(58)38-32-26-20-16-10-4/h7-46H2,1-6H3. The van der Waals surface area contributed by atoms with Gasteiger partial charge >= 0.3 is 35.8 Å². The molecule has 0 bridgehead atoms. The van der Waals surface area contributed by atoms with E-state index in [0.29, 0.717) is 51.4 Å². The maximum absolute atomic E-state index is 12.9. The zero-order chi connectivity index (χ0) is 49.0. The van der Waals surface area contributed by atoms with Gasteiger partial charge in [-0.3, -0.25) is 28.8 Å². The molecule has 0 fully saturated rings. The lowest BCUT2D eigenvalue weighted by Crippen LogP contribution is -2.39. The minimum atomic E-state index is -0.815. The van der Waals surface area contributed by atoms with Crippen LogP contribution in [0.25, 0.3) is 0 Å². The van der Waals surface area contributed by atoms with E-state index in [-0.39, 0.29) is 88.3 Å². The van der Waals surface area contributed by atoms with Gasteiger partial charge in [-0.2, -0.15) is 0 Å². The summed E-state index contributed by atoms with van der Waals surface area (Å²) in [6.45, 7) is 12.5. The Morgan fingerprint density at radius 2 is 0.394 bits per heavy atom. The molecule has 0 aromatic rings. The predicted molar refractivity (Wildman–Crippen MR) is 262 cm³/mol. The Labute approximate surface area is 402 Å². The van der Waals surface area contributed by atoms with E-state index < -0.39 is 10.8 Å². The summed E-state index contributed by atoms with van der Waals surface area (Å²) in [6.07, 6.45) is 28.1. The molecule has 0 aliphatic carbocycles. The third-order valence-corrected chi connectivity index (χ3v) is 12.7. The van der Waals surface area contributed by atoms with Crippen LogP contribution >= 0.6 is 0 Å². The third-order valence-electron chi connectivity index (χ3n) is 12.7. The van der Waals surface area contributed by atoms with E-state index >= 15 is 0 Å². The summed E-state index contributed by atoms with van der Waals surface area (Å²) in [7, 11) is 0. The lowest BCUT2D eigenvalue weighted by molar-refractivity contribution is -0.165. The molecule has 0 saturated carbocycles. The van der Waals surface area contributed by atoms with Crippen molar-refractivity contribution in [2.75, 3.05) is 39.6 Å². The normalized spacial score (nSPS) is 11.5. The maximum Gasteiger partial charge on any atom is 0.305 e. The van der Waals surface area contributed by atoms with Crippen LogP contribution in [-0.4, -0.2) is 75.5 Å². The molecule has 386 valence electrons. The monoisotopic (exact) mass is 939 g/mol. The first kappa shape index (κ1) is 62.8. The fourth-order valence-corrected chi connectivity index (χ4v) is 7.43. The molecule has 0 aromatic heterocycles. The molecule has 0 atom stereocenters. The van der Waals surface area contributed by atoms with Crippen LogP contribution in [0, 0.1) is 10.8 Å². The third kappa shape index (κ3) is 35.9. The number of ether oxygens (including phenoxy) is 6. The maximum atomic E-state index is 12.9. The van der Waals surface area contributed by atoms with Gasteiger partial charge in [0.25, 0.3) is 0 Å². The first-order chi connectivity index (χ1) is 31.9. The number of carbonyl (C=O) groups is 6. The summed E-state index contributed by atoms with van der Waals surface area (Å²) in [4.78, 5) is 76.1. The second-order valence-electron chi connectivity index (χ2n) is 18.9. The second kappa shape index (κ2) is 43.1. The van der Waals surface area contributed by atoms with Gasteiger partial charge in [-0.05, 0) is 51.4 Å². The van der Waals surface area contributed by atoms with Crippen molar-refractivity contribution in [3.63, 3.8) is 0 Å². The van der Waals surface area contributed by atoms with Crippen molar-refractivity contribution in [3.8, 4) is 0 Å². The molecule has 0 unspecified atom stereocenters. The Morgan fingerprint density at radius 1 is 0.242 bits per heavy atom. The molecule has 0 spiro atoms. The molecule has 12 nitrogen and oxygen atoms in total. The average Bonchev–Trinajstić information content (AvgIpc) is 3.31. The Bertz CT molecular complexity index is 1100. The van der Waals surface area contributed by atoms with Gasteiger partial charge in [0, 0.05) is 38.5 Å². The largest absolute Gasteiger partial charge is 0.465 e. The van der Waals surface area contributed by atoms with Crippen LogP contribution in [0.5, 0.6) is 0 Å². The molecular formula is C54H98O12. The Morgan fingerprint density at radius 3 is 0.545 bits per heavy atom. The first-order valence-electron chi connectivity index (χ1n) is 26.9. The van der Waals surface area contributed by atoms with Crippen molar-refractivity contribution in [2.24, 2.45) is 10.8 Å². The van der Waals surface area contributed by atoms with Crippen LogP contribution in [-0.2, 0) is 57.2 Å². The zero-order valence-corrected chi connectivity index (χ0v) is 43.2. The van der Waals surface area contributed by atoms with Gasteiger partial charge in [-0.15, -0.1) is 0 Å². The van der Waals surface area contributed by atoms with E-state index in [0.717, 1.165) is 154 Å². The molecule has 0 rings (SSSR count). The number of unbranched alkanes of at least 4 members (excludes halogenated alkanes) is 21. The topological polar surface area (TPSA) is 158 Å². The quantitative estimate of drug-likeness (QED) is 0.0323. The van der Waals surface area contributed by atoms with Gasteiger partial charge in [-0.25, -0.2) is 0 Å². The number of esters is 6. The summed E-state index contributed by atoms with van der Waals surface area (Å²) >= 11 is 0. The fourth-order valence-electron chi connectivity index (χ4n) is 7.43. The highest BCUT2D eigenvalue weighted by Gasteiger charge is 2.35. The summed E-state index contributed by atoms with van der Waals surface area (Å²) in [6, 6.07) is 0. The van der Waals surface area contributed by atoms with Gasteiger partial charge in [-0.1, -0.05) is 170 Å². The van der Waals surface area contributed by atoms with Crippen molar-refractivity contribution < 1.29 is 57.2 Å². The van der Waals surface area contributed by atoms with Crippen LogP contribution < -0.4 is 0 Å². The van der Waals surface area contributed by atoms with Gasteiger partial charge in [0.05, 0.1) is 10.8 Å². The van der Waals surface area contributed by atoms with Crippen LogP contribution in [0.1, 0.15) is 260 Å². The van der Waals surface area contributed by atoms with Crippen molar-refractivity contribution >= 4 is 35.8 Å². The van der Waals surface area contributed by atoms with E-state index in [1.165, 1.54) is 0 Å². The molecular weight excluding hydrogens is 841 g/mol. The summed E-state index contributed by atoms with van der Waals surface area (Å²) < 4.78 is 34.2. The first-order valence-corrected chi connectivity index (χ1v) is 26.9. The Hall–Kier alpha value is -3.18. The molecule has 0 heterocycles. The van der Waals surface area contributed by atoms with E-state index in [1.807, 2.05) is 13.8 Å². The number of rotatable bonds is 47. The van der Waals surface area contributed by atoms with Gasteiger partial charge in [0.1, 0.15) is 39.6 Å². The Balaban J connectivity index is 4.90. The van der Waals surface area contributed by atoms with Crippen molar-refractivity contribution in [1.29, 1.82) is 0 Å². The lowest BCUT2D eigenvalue weighted by Gasteiger charge is -2.31. The fraction of sp³-hybridized carbons (Fsp3) is 0.889. The van der Waals surface area contributed by atoms with Gasteiger partial charge in [0.15, 0.2) is 0 Å². The van der Waals surface area contributed by atoms with Crippen LogP contribution in [0.4, 0.5) is 0 Å². The summed E-state index contributed by atoms with van der Waals surface area (Å²) in [5, 5.41) is 0. The van der Waals surface area contributed by atoms with E-state index in [1.54, 1.807) is 0 Å². The molecule has 0 amide bonds. The summed E-state index contributed by atoms with van der Waals surface area (Å²) in [5.41, 5.74) is -1.63. The minimum Gasteiger partial charge on any atom is -0.465 e. The van der Waals surface area contributed by atoms with E-state index in [9.17, 15) is 28.8 Å². The second-order valence-corrected chi connectivity index (χ2v) is 18.9. The minimum absolute atomic E-state index is 0.0000525. The molecule has 0 N–H and O–H groups in total. The van der Waals surface area contributed by atoms with Crippen LogP contribution in [0.15, 0.2) is 0 Å². The Kier molecular flexibility index (Phi) is 41.0. The number of hydrogen-bond donors (Lipinski definition) is 0. The molecule has 0 aromatic carbocycles. The van der Waals surface area contributed by atoms with Crippen molar-refractivity contribution in [2.45, 2.75) is 260 Å².